The molecule has 0 aromatic carbocycles. The van der Waals surface area contributed by atoms with Gasteiger partial charge in [0.05, 0.1) is 6.33 Å². The third-order valence-electron chi connectivity index (χ3n) is 4.13. The molecule has 1 aromatic heterocycles. The van der Waals surface area contributed by atoms with Gasteiger partial charge in [-0.1, -0.05) is 0 Å². The first-order chi connectivity index (χ1) is 15.1. The number of hydrogen-bond donors (Lipinski definition) is 4. The molecule has 11 heteroatoms. The molecule has 0 aliphatic heterocycles. The molecule has 1 aromatic rings. The maximum Gasteiger partial charge on any atom is 0.329 e. The van der Waals surface area contributed by atoms with Gasteiger partial charge < -0.3 is 30.8 Å². The molecule has 0 aliphatic carbocycles. The van der Waals surface area contributed by atoms with Crippen LogP contribution in [0.2, 0.25) is 0 Å². The second-order valence-electron chi connectivity index (χ2n) is 9.70. The van der Waals surface area contributed by atoms with Gasteiger partial charge in [-0.2, -0.15) is 0 Å². The Bertz CT molecular complexity index is 837. The Morgan fingerprint density at radius 3 is 2.09 bits per heavy atom. The number of carbonyl (C=O) groups excluding carboxylic acids is 4. The molecule has 33 heavy (non-hydrogen) atoms. The van der Waals surface area contributed by atoms with Gasteiger partial charge in [0.1, 0.15) is 29.0 Å². The molecule has 0 saturated heterocycles. The molecule has 186 valence electrons. The Hall–Kier alpha value is -2.95. The van der Waals surface area contributed by atoms with Gasteiger partial charge in [0.2, 0.25) is 0 Å². The highest BCUT2D eigenvalue weighted by Gasteiger charge is 2.30. The van der Waals surface area contributed by atoms with Crippen LogP contribution in [-0.2, 0) is 19.1 Å². The van der Waals surface area contributed by atoms with E-state index in [-0.39, 0.29) is 11.4 Å². The average Bonchev–Trinajstić information content (AvgIpc) is 3.14. The second-order valence-corrected chi connectivity index (χ2v) is 9.70. The topological polar surface area (TPSA) is 165 Å². The minimum atomic E-state index is -0.963. The van der Waals surface area contributed by atoms with Crippen molar-refractivity contribution in [3.63, 3.8) is 0 Å². The minimum Gasteiger partial charge on any atom is -0.458 e. The van der Waals surface area contributed by atoms with Crippen molar-refractivity contribution in [3.8, 4) is 0 Å². The van der Waals surface area contributed by atoms with Crippen molar-refractivity contribution < 1.29 is 28.7 Å². The fourth-order valence-corrected chi connectivity index (χ4v) is 2.70. The van der Waals surface area contributed by atoms with Gasteiger partial charge >= 0.3 is 11.9 Å². The number of imidazole rings is 1. The first kappa shape index (κ1) is 28.1. The van der Waals surface area contributed by atoms with E-state index < -0.39 is 47.0 Å². The Labute approximate surface area is 194 Å². The highest BCUT2D eigenvalue weighted by Crippen LogP contribution is 2.13. The van der Waals surface area contributed by atoms with Crippen molar-refractivity contribution in [3.05, 3.63) is 17.7 Å². The molecule has 1 rings (SSSR count). The minimum absolute atomic E-state index is 0.142. The van der Waals surface area contributed by atoms with Gasteiger partial charge in [0.25, 0.3) is 11.8 Å². The summed E-state index contributed by atoms with van der Waals surface area (Å²) in [4.78, 5) is 56.7. The molecule has 0 spiro atoms. The summed E-state index contributed by atoms with van der Waals surface area (Å²) >= 11 is 0. The highest BCUT2D eigenvalue weighted by molar-refractivity contribution is 6.06. The molecule has 0 saturated carbocycles. The zero-order valence-electron chi connectivity index (χ0n) is 20.5. The Balaban J connectivity index is 2.93. The summed E-state index contributed by atoms with van der Waals surface area (Å²) in [5.74, 6) is -2.65. The summed E-state index contributed by atoms with van der Waals surface area (Å²) in [6, 6.07) is -1.89. The summed E-state index contributed by atoms with van der Waals surface area (Å²) in [6.45, 7) is 12.2. The van der Waals surface area contributed by atoms with E-state index in [2.05, 4.69) is 20.6 Å². The summed E-state index contributed by atoms with van der Waals surface area (Å²) in [6.07, 6.45) is 2.78. The summed E-state index contributed by atoms with van der Waals surface area (Å²) in [5, 5.41) is 5.07. The lowest BCUT2D eigenvalue weighted by atomic mass is 10.1. The van der Waals surface area contributed by atoms with Crippen molar-refractivity contribution in [2.75, 3.05) is 6.54 Å². The maximum absolute atomic E-state index is 12.9. The zero-order valence-corrected chi connectivity index (χ0v) is 20.5. The normalized spacial score (nSPS) is 13.6. The number of H-pyrrole nitrogens is 1. The van der Waals surface area contributed by atoms with Gasteiger partial charge in [0.15, 0.2) is 5.69 Å². The van der Waals surface area contributed by atoms with Crippen molar-refractivity contribution in [1.29, 1.82) is 0 Å². The number of hydrogen-bond acceptors (Lipinski definition) is 8. The van der Waals surface area contributed by atoms with E-state index in [0.717, 1.165) is 0 Å². The number of ether oxygens (including phenoxy) is 2. The number of aromatic nitrogens is 2. The summed E-state index contributed by atoms with van der Waals surface area (Å²) in [5.41, 5.74) is 3.72. The predicted molar refractivity (Wildman–Crippen MR) is 121 cm³/mol. The predicted octanol–water partition coefficient (Wildman–Crippen LogP) is 1.44. The fourth-order valence-electron chi connectivity index (χ4n) is 2.70. The third kappa shape index (κ3) is 10.0. The van der Waals surface area contributed by atoms with Crippen LogP contribution in [0.3, 0.4) is 0 Å². The number of unbranched alkanes of at least 4 members (excludes halogenated alkanes) is 1. The zero-order chi connectivity index (χ0) is 25.4. The fraction of sp³-hybridized carbons (Fsp3) is 0.682. The molecule has 0 fully saturated rings. The average molecular weight is 468 g/mol. The molecule has 5 N–H and O–H groups in total. The van der Waals surface area contributed by atoms with Gasteiger partial charge in [-0.05, 0) is 74.3 Å². The Morgan fingerprint density at radius 2 is 1.55 bits per heavy atom. The van der Waals surface area contributed by atoms with Crippen molar-refractivity contribution in [1.82, 2.24) is 20.6 Å². The quantitative estimate of drug-likeness (QED) is 0.296. The molecular formula is C22H37N5O6. The largest absolute Gasteiger partial charge is 0.458 e. The lowest BCUT2D eigenvalue weighted by molar-refractivity contribution is -0.158. The molecule has 1 heterocycles. The standard InChI is InChI=1S/C22H37N5O6/c1-13(19(30)32-21(2,3)4)26-17(28)15-16(25-12-24-15)18(29)27-14(10-8-9-11-23)20(31)33-22(5,6)7/h12-14H,8-11,23H2,1-7H3,(H,24,25)(H,26,28)(H,27,29)/t13-,14-/m0/s1. The molecule has 2 atom stereocenters. The van der Waals surface area contributed by atoms with E-state index in [9.17, 15) is 19.2 Å². The van der Waals surface area contributed by atoms with Gasteiger partial charge in [-0.25, -0.2) is 14.6 Å². The molecule has 11 nitrogen and oxygen atoms in total. The van der Waals surface area contributed by atoms with Gasteiger partial charge in [-0.15, -0.1) is 0 Å². The maximum atomic E-state index is 12.9. The molecule has 0 unspecified atom stereocenters. The number of rotatable bonds is 10. The molecule has 0 bridgehead atoms. The number of esters is 2. The van der Waals surface area contributed by atoms with Crippen molar-refractivity contribution in [2.24, 2.45) is 5.73 Å². The number of nitrogens with zero attached hydrogens (tertiary/aromatic N) is 1. The second kappa shape index (κ2) is 11.8. The summed E-state index contributed by atoms with van der Waals surface area (Å²) in [7, 11) is 0. The van der Waals surface area contributed by atoms with Crippen LogP contribution in [0, 0.1) is 0 Å². The van der Waals surface area contributed by atoms with Crippen molar-refractivity contribution in [2.45, 2.75) is 91.0 Å². The van der Waals surface area contributed by atoms with Crippen LogP contribution in [0.15, 0.2) is 6.33 Å². The highest BCUT2D eigenvalue weighted by atomic mass is 16.6. The van der Waals surface area contributed by atoms with Crippen LogP contribution in [0.1, 0.15) is 88.7 Å². The monoisotopic (exact) mass is 467 g/mol. The smallest absolute Gasteiger partial charge is 0.329 e. The molecular weight excluding hydrogens is 430 g/mol. The van der Waals surface area contributed by atoms with Crippen LogP contribution in [0.4, 0.5) is 0 Å². The number of nitrogens with one attached hydrogen (secondary N) is 3. The third-order valence-corrected chi connectivity index (χ3v) is 4.13. The number of carbonyl (C=O) groups is 4. The van der Waals surface area contributed by atoms with Crippen molar-refractivity contribution >= 4 is 23.8 Å². The van der Waals surface area contributed by atoms with E-state index in [0.29, 0.717) is 25.8 Å². The Kier molecular flexibility index (Phi) is 10.0. The van der Waals surface area contributed by atoms with Gasteiger partial charge in [-0.3, -0.25) is 9.59 Å². The number of aromatic amines is 1. The lowest BCUT2D eigenvalue weighted by Crippen LogP contribution is -2.45. The van der Waals surface area contributed by atoms with Gasteiger partial charge in [0, 0.05) is 0 Å². The Morgan fingerprint density at radius 1 is 0.970 bits per heavy atom. The molecule has 0 aliphatic rings. The molecule has 0 radical (unpaired) electrons. The lowest BCUT2D eigenvalue weighted by Gasteiger charge is -2.24. The van der Waals surface area contributed by atoms with E-state index in [1.54, 1.807) is 41.5 Å². The SMILES string of the molecule is C[C@H](NC(=O)c1nc[nH]c1C(=O)N[C@@H](CCCCN)C(=O)OC(C)(C)C)C(=O)OC(C)(C)C. The van der Waals surface area contributed by atoms with Crippen LogP contribution >= 0.6 is 0 Å². The van der Waals surface area contributed by atoms with Crippen LogP contribution < -0.4 is 16.4 Å². The van der Waals surface area contributed by atoms with Crippen LogP contribution in [0.5, 0.6) is 0 Å². The first-order valence-electron chi connectivity index (χ1n) is 11.0. The number of amides is 2. The van der Waals surface area contributed by atoms with Crippen LogP contribution in [0.25, 0.3) is 0 Å². The van der Waals surface area contributed by atoms with Crippen LogP contribution in [-0.4, -0.2) is 63.6 Å². The van der Waals surface area contributed by atoms with E-state index in [4.69, 9.17) is 15.2 Å². The molecule has 2 amide bonds. The van der Waals surface area contributed by atoms with E-state index in [1.165, 1.54) is 13.3 Å². The number of nitrogens with two attached hydrogens (primary N) is 1. The van der Waals surface area contributed by atoms with E-state index >= 15 is 0 Å². The van der Waals surface area contributed by atoms with E-state index in [1.807, 2.05) is 0 Å². The first-order valence-corrected chi connectivity index (χ1v) is 11.0. The summed E-state index contributed by atoms with van der Waals surface area (Å²) < 4.78 is 10.6.